The molecule has 0 radical (unpaired) electrons. The number of hydrogen-bond acceptors (Lipinski definition) is 5. The van der Waals surface area contributed by atoms with Gasteiger partial charge in [-0.05, 0) is 19.4 Å². The second kappa shape index (κ2) is 5.21. The molecule has 0 fully saturated rings. The lowest BCUT2D eigenvalue weighted by atomic mass is 10.1. The molecule has 0 aliphatic carbocycles. The smallest absolute Gasteiger partial charge is 0.360 e. The lowest BCUT2D eigenvalue weighted by Gasteiger charge is -2.04. The number of nitrogens with two attached hydrogens (primary N) is 1. The molecule has 1 aromatic carbocycles. The van der Waals surface area contributed by atoms with Crippen LogP contribution in [0.2, 0.25) is 0 Å². The lowest BCUT2D eigenvalue weighted by Crippen LogP contribution is -2.08. The van der Waals surface area contributed by atoms with E-state index in [1.54, 1.807) is 6.92 Å². The summed E-state index contributed by atoms with van der Waals surface area (Å²) in [6, 6.07) is 9.93. The quantitative estimate of drug-likeness (QED) is 0.755. The molecule has 2 N–H and O–H groups in total. The van der Waals surface area contributed by atoms with Crippen molar-refractivity contribution in [3.05, 3.63) is 40.9 Å². The van der Waals surface area contributed by atoms with Crippen LogP contribution in [0, 0.1) is 6.92 Å². The zero-order chi connectivity index (χ0) is 15.0. The summed E-state index contributed by atoms with van der Waals surface area (Å²) in [7, 11) is 0. The van der Waals surface area contributed by atoms with Crippen LogP contribution < -0.4 is 5.73 Å². The fraction of sp³-hybridized carbons (Fsp3) is 0.200. The minimum Gasteiger partial charge on any atom is -0.461 e. The van der Waals surface area contributed by atoms with Gasteiger partial charge in [-0.3, -0.25) is 4.40 Å². The van der Waals surface area contributed by atoms with Gasteiger partial charge in [-0.15, -0.1) is 11.3 Å². The zero-order valence-corrected chi connectivity index (χ0v) is 12.6. The topological polar surface area (TPSA) is 69.6 Å². The summed E-state index contributed by atoms with van der Waals surface area (Å²) in [4.78, 5) is 18.0. The van der Waals surface area contributed by atoms with E-state index in [0.29, 0.717) is 17.4 Å². The lowest BCUT2D eigenvalue weighted by molar-refractivity contribution is 0.0521. The van der Waals surface area contributed by atoms with E-state index < -0.39 is 5.97 Å². The SMILES string of the molecule is CCOC(=O)c1nc2sc(C)c(-c3ccccc3)n2c1N. The molecule has 21 heavy (non-hydrogen) atoms. The Bertz CT molecular complexity index is 805. The summed E-state index contributed by atoms with van der Waals surface area (Å²) < 4.78 is 6.81. The van der Waals surface area contributed by atoms with E-state index in [9.17, 15) is 4.79 Å². The van der Waals surface area contributed by atoms with Crippen molar-refractivity contribution in [2.45, 2.75) is 13.8 Å². The Morgan fingerprint density at radius 2 is 2.10 bits per heavy atom. The molecule has 6 heteroatoms. The number of carbonyl (C=O) groups excluding carboxylic acids is 1. The van der Waals surface area contributed by atoms with Gasteiger partial charge < -0.3 is 10.5 Å². The molecule has 0 spiro atoms. The average Bonchev–Trinajstić information content (AvgIpc) is 2.96. The summed E-state index contributed by atoms with van der Waals surface area (Å²) >= 11 is 1.51. The number of ether oxygens (including phenoxy) is 1. The highest BCUT2D eigenvalue weighted by Crippen LogP contribution is 2.34. The van der Waals surface area contributed by atoms with Crippen molar-refractivity contribution < 1.29 is 9.53 Å². The number of imidazole rings is 1. The third kappa shape index (κ3) is 2.17. The average molecular weight is 301 g/mol. The number of aromatic nitrogens is 2. The number of anilines is 1. The molecule has 0 saturated carbocycles. The van der Waals surface area contributed by atoms with E-state index in [0.717, 1.165) is 16.1 Å². The van der Waals surface area contributed by atoms with Crippen LogP contribution in [0.1, 0.15) is 22.3 Å². The van der Waals surface area contributed by atoms with Gasteiger partial charge in [0.25, 0.3) is 0 Å². The molecule has 0 saturated heterocycles. The van der Waals surface area contributed by atoms with Crippen molar-refractivity contribution in [3.63, 3.8) is 0 Å². The van der Waals surface area contributed by atoms with E-state index in [4.69, 9.17) is 10.5 Å². The van der Waals surface area contributed by atoms with Gasteiger partial charge in [0.2, 0.25) is 0 Å². The number of nitrogen functional groups attached to an aromatic ring is 1. The van der Waals surface area contributed by atoms with Gasteiger partial charge in [0.05, 0.1) is 12.3 Å². The minimum atomic E-state index is -0.484. The van der Waals surface area contributed by atoms with E-state index in [1.807, 2.05) is 41.7 Å². The first kappa shape index (κ1) is 13.6. The third-order valence-corrected chi connectivity index (χ3v) is 4.16. The fourth-order valence-electron chi connectivity index (χ4n) is 2.32. The zero-order valence-electron chi connectivity index (χ0n) is 11.8. The van der Waals surface area contributed by atoms with Gasteiger partial charge in [-0.2, -0.15) is 0 Å². The van der Waals surface area contributed by atoms with Gasteiger partial charge in [-0.25, -0.2) is 9.78 Å². The number of aryl methyl sites for hydroxylation is 1. The van der Waals surface area contributed by atoms with Crippen LogP contribution in [0.3, 0.4) is 0 Å². The second-order valence-corrected chi connectivity index (χ2v) is 5.74. The fourth-order valence-corrected chi connectivity index (χ4v) is 3.31. The first-order valence-electron chi connectivity index (χ1n) is 6.63. The number of rotatable bonds is 3. The van der Waals surface area contributed by atoms with E-state index >= 15 is 0 Å². The van der Waals surface area contributed by atoms with Crippen LogP contribution >= 0.6 is 11.3 Å². The molecule has 2 heterocycles. The van der Waals surface area contributed by atoms with Crippen molar-refractivity contribution in [1.82, 2.24) is 9.38 Å². The Morgan fingerprint density at radius 1 is 1.38 bits per heavy atom. The maximum atomic E-state index is 11.9. The normalized spacial score (nSPS) is 11.0. The number of carbonyl (C=O) groups is 1. The van der Waals surface area contributed by atoms with Crippen LogP contribution in [-0.2, 0) is 4.74 Å². The minimum absolute atomic E-state index is 0.181. The van der Waals surface area contributed by atoms with Gasteiger partial charge in [0, 0.05) is 4.88 Å². The van der Waals surface area contributed by atoms with E-state index in [2.05, 4.69) is 4.98 Å². The molecule has 0 bridgehead atoms. The van der Waals surface area contributed by atoms with Crippen molar-refractivity contribution in [1.29, 1.82) is 0 Å². The third-order valence-electron chi connectivity index (χ3n) is 3.20. The van der Waals surface area contributed by atoms with E-state index in [1.165, 1.54) is 11.3 Å². The van der Waals surface area contributed by atoms with Gasteiger partial charge >= 0.3 is 5.97 Å². The highest BCUT2D eigenvalue weighted by atomic mass is 32.1. The first-order valence-corrected chi connectivity index (χ1v) is 7.45. The largest absolute Gasteiger partial charge is 0.461 e. The van der Waals surface area contributed by atoms with Crippen LogP contribution in [0.5, 0.6) is 0 Å². The molecule has 0 aliphatic heterocycles. The molecule has 108 valence electrons. The van der Waals surface area contributed by atoms with Crippen molar-refractivity contribution in [2.75, 3.05) is 12.3 Å². The number of fused-ring (bicyclic) bond motifs is 1. The summed E-state index contributed by atoms with van der Waals surface area (Å²) in [5, 5.41) is 0. The van der Waals surface area contributed by atoms with Gasteiger partial charge in [-0.1, -0.05) is 30.3 Å². The van der Waals surface area contributed by atoms with Gasteiger partial charge in [0.1, 0.15) is 5.82 Å². The highest BCUT2D eigenvalue weighted by Gasteiger charge is 2.23. The number of hydrogen-bond donors (Lipinski definition) is 1. The molecule has 0 amide bonds. The number of nitrogens with zero attached hydrogens (tertiary/aromatic N) is 2. The summed E-state index contributed by atoms with van der Waals surface area (Å²) in [6.45, 7) is 4.07. The maximum absolute atomic E-state index is 11.9. The Labute approximate surface area is 126 Å². The van der Waals surface area contributed by atoms with E-state index in [-0.39, 0.29) is 5.69 Å². The summed E-state index contributed by atoms with van der Waals surface area (Å²) in [5.41, 5.74) is 8.32. The van der Waals surface area contributed by atoms with Crippen LogP contribution in [0.4, 0.5) is 5.82 Å². The van der Waals surface area contributed by atoms with Crippen LogP contribution in [0.25, 0.3) is 16.2 Å². The molecule has 3 aromatic rings. The molecule has 0 unspecified atom stereocenters. The Balaban J connectivity index is 2.22. The Kier molecular flexibility index (Phi) is 3.39. The predicted octanol–water partition coefficient (Wildman–Crippen LogP) is 3.13. The molecule has 3 rings (SSSR count). The van der Waals surface area contributed by atoms with Crippen molar-refractivity contribution in [3.8, 4) is 11.3 Å². The number of esters is 1. The number of thiazole rings is 1. The first-order chi connectivity index (χ1) is 10.1. The van der Waals surface area contributed by atoms with Crippen molar-refractivity contribution >= 4 is 28.1 Å². The van der Waals surface area contributed by atoms with Crippen molar-refractivity contribution in [2.24, 2.45) is 0 Å². The van der Waals surface area contributed by atoms with Crippen LogP contribution in [-0.4, -0.2) is 22.0 Å². The number of benzene rings is 1. The predicted molar refractivity (Wildman–Crippen MR) is 83.6 cm³/mol. The highest BCUT2D eigenvalue weighted by molar-refractivity contribution is 7.17. The molecule has 0 aliphatic rings. The summed E-state index contributed by atoms with van der Waals surface area (Å²) in [6.07, 6.45) is 0. The Hall–Kier alpha value is -2.34. The Morgan fingerprint density at radius 3 is 2.76 bits per heavy atom. The molecule has 5 nitrogen and oxygen atoms in total. The standard InChI is InChI=1S/C15H15N3O2S/c1-3-20-14(19)11-13(16)18-12(9(2)21-15(18)17-11)10-7-5-4-6-8-10/h4-8H,3,16H2,1-2H3. The van der Waals surface area contributed by atoms with Gasteiger partial charge in [0.15, 0.2) is 10.7 Å². The molecular formula is C15H15N3O2S. The maximum Gasteiger partial charge on any atom is 0.360 e. The molecule has 0 atom stereocenters. The summed E-state index contributed by atoms with van der Waals surface area (Å²) in [5.74, 6) is -0.158. The molecule has 2 aromatic heterocycles. The monoisotopic (exact) mass is 301 g/mol. The second-order valence-electron chi connectivity index (χ2n) is 4.56. The van der Waals surface area contributed by atoms with Crippen LogP contribution in [0.15, 0.2) is 30.3 Å². The molecular weight excluding hydrogens is 286 g/mol.